The number of sulfone groups is 1. The van der Waals surface area contributed by atoms with E-state index in [-0.39, 0.29) is 47.5 Å². The number of pyridine rings is 1. The highest BCUT2D eigenvalue weighted by Gasteiger charge is 2.45. The predicted octanol–water partition coefficient (Wildman–Crippen LogP) is 6.68. The molecule has 1 aliphatic rings. The van der Waals surface area contributed by atoms with Crippen molar-refractivity contribution in [2.24, 2.45) is 7.05 Å². The molecule has 2 N–H and O–H groups in total. The van der Waals surface area contributed by atoms with Crippen molar-refractivity contribution >= 4 is 65.0 Å². The smallest absolute Gasteiger partial charge is 0.242 e. The molecule has 1 fully saturated rings. The highest BCUT2D eigenvalue weighted by Crippen LogP contribution is 2.41. The Bertz CT molecular complexity index is 2710. The van der Waals surface area contributed by atoms with Gasteiger partial charge in [-0.05, 0) is 81.8 Å². The first-order valence-corrected chi connectivity index (χ1v) is 21.7. The molecule has 1 amide bonds. The summed E-state index contributed by atoms with van der Waals surface area (Å²) in [7, 11) is -5.52. The molecule has 0 bridgehead atoms. The minimum Gasteiger partial charge on any atom is -0.346 e. The molecular formula is C39H40ClF2N7O5S2. The second-order valence-electron chi connectivity index (χ2n) is 14.9. The average Bonchev–Trinajstić information content (AvgIpc) is 3.84. The molecule has 3 heterocycles. The van der Waals surface area contributed by atoms with Crippen LogP contribution in [0.25, 0.3) is 32.9 Å². The molecule has 294 valence electrons. The van der Waals surface area contributed by atoms with E-state index < -0.39 is 48.2 Å². The summed E-state index contributed by atoms with van der Waals surface area (Å²) in [5, 5.41) is 12.9. The maximum Gasteiger partial charge on any atom is 0.242 e. The van der Waals surface area contributed by atoms with Crippen molar-refractivity contribution in [1.82, 2.24) is 29.9 Å². The molecule has 1 atom stereocenters. The molecule has 1 saturated carbocycles. The zero-order valence-electron chi connectivity index (χ0n) is 31.1. The Morgan fingerprint density at radius 3 is 2.39 bits per heavy atom. The lowest BCUT2D eigenvalue weighted by Crippen LogP contribution is -2.35. The van der Waals surface area contributed by atoms with Gasteiger partial charge in [0.2, 0.25) is 15.9 Å². The van der Waals surface area contributed by atoms with Crippen LogP contribution in [0, 0.1) is 11.6 Å². The number of anilines is 1. The molecule has 0 unspecified atom stereocenters. The lowest BCUT2D eigenvalue weighted by atomic mass is 9.93. The minimum atomic E-state index is -3.75. The fourth-order valence-corrected chi connectivity index (χ4v) is 9.88. The van der Waals surface area contributed by atoms with Gasteiger partial charge in [0.25, 0.3) is 0 Å². The Morgan fingerprint density at radius 2 is 1.70 bits per heavy atom. The van der Waals surface area contributed by atoms with Crippen molar-refractivity contribution in [3.05, 3.63) is 107 Å². The molecule has 6 aromatic rings. The van der Waals surface area contributed by atoms with Crippen LogP contribution in [0.2, 0.25) is 5.02 Å². The second kappa shape index (κ2) is 14.9. The first-order valence-electron chi connectivity index (χ1n) is 17.9. The number of benzene rings is 3. The molecule has 17 heteroatoms. The standard InChI is InChI=1S/C39H40ClF2N7O5S2/c1-39(2,56(53,54)28-10-11-28)16-15-27-9-12-29(30-13-14-31(40)35-37(30)48(3)46-38(35)47-55(4,51)52)36(44-27)32(19-23-17-25(41)20-26(42)18-23)45-34(50)22-49-33-8-6-5-7-24(33)21-43-49/h5-9,12-14,17-18,20-21,28,32H,10-11,15-16,19,22H2,1-4H3,(H,45,50)(H,46,47)/t32-/m0/s1. The van der Waals surface area contributed by atoms with Gasteiger partial charge in [-0.1, -0.05) is 41.9 Å². The molecule has 56 heavy (non-hydrogen) atoms. The zero-order chi connectivity index (χ0) is 40.2. The van der Waals surface area contributed by atoms with Crippen LogP contribution < -0.4 is 10.0 Å². The van der Waals surface area contributed by atoms with E-state index in [0.717, 1.165) is 23.2 Å². The van der Waals surface area contributed by atoms with Crippen LogP contribution in [0.5, 0.6) is 0 Å². The first kappa shape index (κ1) is 39.3. The third-order valence-electron chi connectivity index (χ3n) is 10.1. The number of aromatic nitrogens is 5. The zero-order valence-corrected chi connectivity index (χ0v) is 33.4. The predicted molar refractivity (Wildman–Crippen MR) is 212 cm³/mol. The van der Waals surface area contributed by atoms with Crippen LogP contribution in [0.4, 0.5) is 14.6 Å². The van der Waals surface area contributed by atoms with Crippen LogP contribution in [-0.4, -0.2) is 63.5 Å². The number of sulfonamides is 1. The van der Waals surface area contributed by atoms with Gasteiger partial charge in [0.15, 0.2) is 15.7 Å². The number of hydrogen-bond donors (Lipinski definition) is 2. The fourth-order valence-electron chi connectivity index (χ4n) is 7.10. The highest BCUT2D eigenvalue weighted by molar-refractivity contribution is 7.93. The lowest BCUT2D eigenvalue weighted by Gasteiger charge is -2.26. The lowest BCUT2D eigenvalue weighted by molar-refractivity contribution is -0.122. The van der Waals surface area contributed by atoms with E-state index in [4.69, 9.17) is 16.6 Å². The Morgan fingerprint density at radius 1 is 1.00 bits per heavy atom. The van der Waals surface area contributed by atoms with Crippen molar-refractivity contribution < 1.29 is 30.4 Å². The summed E-state index contributed by atoms with van der Waals surface area (Å²) in [5.41, 5.74) is 3.27. The number of halogens is 3. The summed E-state index contributed by atoms with van der Waals surface area (Å²) in [6.45, 7) is 3.24. The van der Waals surface area contributed by atoms with Crippen LogP contribution >= 0.6 is 11.6 Å². The quantitative estimate of drug-likeness (QED) is 0.123. The second-order valence-corrected chi connectivity index (χ2v) is 19.9. The van der Waals surface area contributed by atoms with Crippen molar-refractivity contribution in [1.29, 1.82) is 0 Å². The Labute approximate surface area is 328 Å². The molecular weight excluding hydrogens is 784 g/mol. The van der Waals surface area contributed by atoms with Gasteiger partial charge in [0.05, 0.1) is 55.6 Å². The maximum absolute atomic E-state index is 14.6. The van der Waals surface area contributed by atoms with E-state index in [1.807, 2.05) is 24.3 Å². The monoisotopic (exact) mass is 823 g/mol. The van der Waals surface area contributed by atoms with Crippen molar-refractivity contribution in [3.8, 4) is 11.1 Å². The number of nitrogens with one attached hydrogen (secondary N) is 2. The van der Waals surface area contributed by atoms with E-state index in [9.17, 15) is 30.4 Å². The molecule has 12 nitrogen and oxygen atoms in total. The third kappa shape index (κ3) is 8.13. The fraction of sp³-hybridized carbons (Fsp3) is 0.333. The SMILES string of the molecule is Cn1nc(NS(C)(=O)=O)c2c(Cl)ccc(-c3ccc(CCC(C)(C)S(=O)(=O)C4CC4)nc3[C@H](Cc3cc(F)cc(F)c3)NC(=O)Cn3ncc4ccccc43)c21. The molecule has 7 rings (SSSR count). The first-order chi connectivity index (χ1) is 26.4. The van der Waals surface area contributed by atoms with Crippen molar-refractivity contribution in [2.75, 3.05) is 11.0 Å². The minimum absolute atomic E-state index is 0.00798. The van der Waals surface area contributed by atoms with Crippen molar-refractivity contribution in [3.63, 3.8) is 0 Å². The van der Waals surface area contributed by atoms with Crippen LogP contribution in [0.1, 0.15) is 56.1 Å². The van der Waals surface area contributed by atoms with Gasteiger partial charge < -0.3 is 5.32 Å². The normalized spacial score (nSPS) is 14.3. The van der Waals surface area contributed by atoms with Gasteiger partial charge in [-0.15, -0.1) is 0 Å². The van der Waals surface area contributed by atoms with Crippen LogP contribution in [0.15, 0.2) is 72.9 Å². The summed E-state index contributed by atoms with van der Waals surface area (Å²) in [5.74, 6) is -2.05. The molecule has 0 aliphatic heterocycles. The Hall–Kier alpha value is -4.93. The van der Waals surface area contributed by atoms with Gasteiger partial charge in [-0.3, -0.25) is 23.9 Å². The molecule has 0 saturated heterocycles. The number of fused-ring (bicyclic) bond motifs is 2. The van der Waals surface area contributed by atoms with Gasteiger partial charge in [-0.2, -0.15) is 10.2 Å². The molecule has 0 spiro atoms. The molecule has 3 aromatic heterocycles. The van der Waals surface area contributed by atoms with Crippen LogP contribution in [0.3, 0.4) is 0 Å². The number of nitrogens with zero attached hydrogens (tertiary/aromatic N) is 5. The third-order valence-corrected chi connectivity index (χ3v) is 14.1. The van der Waals surface area contributed by atoms with Crippen molar-refractivity contribution in [2.45, 2.75) is 68.5 Å². The largest absolute Gasteiger partial charge is 0.346 e. The van der Waals surface area contributed by atoms with Crippen LogP contribution in [-0.2, 0) is 51.1 Å². The summed E-state index contributed by atoms with van der Waals surface area (Å²) >= 11 is 6.66. The van der Waals surface area contributed by atoms with Gasteiger partial charge in [0.1, 0.15) is 18.2 Å². The van der Waals surface area contributed by atoms with E-state index >= 15 is 0 Å². The summed E-state index contributed by atoms with van der Waals surface area (Å²) < 4.78 is 84.9. The Balaban J connectivity index is 1.37. The average molecular weight is 824 g/mol. The summed E-state index contributed by atoms with van der Waals surface area (Å²) in [6.07, 6.45) is 4.38. The number of aryl methyl sites for hydroxylation is 2. The highest BCUT2D eigenvalue weighted by atomic mass is 35.5. The molecule has 3 aromatic carbocycles. The number of hydrogen-bond acceptors (Lipinski definition) is 8. The van der Waals surface area contributed by atoms with E-state index in [1.54, 1.807) is 56.0 Å². The number of amides is 1. The van der Waals surface area contributed by atoms with E-state index in [2.05, 4.69) is 20.2 Å². The molecule has 0 radical (unpaired) electrons. The number of carbonyl (C=O) groups excluding carboxylic acids is 1. The van der Waals surface area contributed by atoms with Gasteiger partial charge >= 0.3 is 0 Å². The number of carbonyl (C=O) groups is 1. The summed E-state index contributed by atoms with van der Waals surface area (Å²) in [4.78, 5) is 19.0. The van der Waals surface area contributed by atoms with E-state index in [0.29, 0.717) is 46.3 Å². The maximum atomic E-state index is 14.6. The molecule has 1 aliphatic carbocycles. The van der Waals surface area contributed by atoms with Gasteiger partial charge in [-0.25, -0.2) is 25.6 Å². The number of para-hydroxylation sites is 1. The Kier molecular flexibility index (Phi) is 10.4. The number of rotatable bonds is 14. The summed E-state index contributed by atoms with van der Waals surface area (Å²) in [6, 6.07) is 16.4. The van der Waals surface area contributed by atoms with Gasteiger partial charge in [0, 0.05) is 35.3 Å². The topological polar surface area (TPSA) is 158 Å². The van der Waals surface area contributed by atoms with E-state index in [1.165, 1.54) is 16.8 Å².